The van der Waals surface area contributed by atoms with Crippen molar-refractivity contribution >= 4 is 5.97 Å². The first kappa shape index (κ1) is 25.6. The van der Waals surface area contributed by atoms with Crippen LogP contribution < -0.4 is 5.32 Å². The summed E-state index contributed by atoms with van der Waals surface area (Å²) in [5.41, 5.74) is 0.989. The van der Waals surface area contributed by atoms with Gasteiger partial charge in [0.15, 0.2) is 0 Å². The van der Waals surface area contributed by atoms with Crippen molar-refractivity contribution in [3.8, 4) is 0 Å². The van der Waals surface area contributed by atoms with E-state index in [9.17, 15) is 15.0 Å². The average molecular weight is 406 g/mol. The summed E-state index contributed by atoms with van der Waals surface area (Å²) in [5.74, 6) is -0.869. The Morgan fingerprint density at radius 2 is 1.38 bits per heavy atom. The molecule has 0 fully saturated rings. The Bertz CT molecular complexity index is 506. The third-order valence-corrected chi connectivity index (χ3v) is 5.57. The highest BCUT2D eigenvalue weighted by molar-refractivity contribution is 5.73. The number of carboxylic acid groups (broad SMARTS) is 1. The van der Waals surface area contributed by atoms with Crippen molar-refractivity contribution in [2.45, 2.75) is 109 Å². The summed E-state index contributed by atoms with van der Waals surface area (Å²) in [7, 11) is 0. The van der Waals surface area contributed by atoms with Gasteiger partial charge in [-0.05, 0) is 18.4 Å². The number of aliphatic hydroxyl groups excluding tert-OH is 1. The van der Waals surface area contributed by atoms with Gasteiger partial charge in [-0.1, -0.05) is 114 Å². The summed E-state index contributed by atoms with van der Waals surface area (Å²) < 4.78 is 0. The lowest BCUT2D eigenvalue weighted by Gasteiger charge is -2.17. The quantitative estimate of drug-likeness (QED) is 0.257. The monoisotopic (exact) mass is 405 g/mol. The molecule has 166 valence electrons. The minimum Gasteiger partial charge on any atom is -0.480 e. The lowest BCUT2D eigenvalue weighted by atomic mass is 10.0. The fourth-order valence-electron chi connectivity index (χ4n) is 3.70. The van der Waals surface area contributed by atoms with Gasteiger partial charge in [0.1, 0.15) is 6.04 Å². The van der Waals surface area contributed by atoms with Crippen LogP contribution in [0.3, 0.4) is 0 Å². The third kappa shape index (κ3) is 14.3. The van der Waals surface area contributed by atoms with Crippen molar-refractivity contribution in [3.05, 3.63) is 35.9 Å². The number of rotatable bonds is 19. The number of carbonyl (C=O) groups is 1. The van der Waals surface area contributed by atoms with Gasteiger partial charge >= 0.3 is 5.97 Å². The molecule has 0 aromatic heterocycles. The van der Waals surface area contributed by atoms with E-state index >= 15 is 0 Å². The highest BCUT2D eigenvalue weighted by atomic mass is 16.4. The summed E-state index contributed by atoms with van der Waals surface area (Å²) in [5, 5.41) is 22.6. The molecule has 0 saturated heterocycles. The number of nitrogens with one attached hydrogen (secondary N) is 1. The first-order valence-corrected chi connectivity index (χ1v) is 11.8. The van der Waals surface area contributed by atoms with Gasteiger partial charge < -0.3 is 15.5 Å². The Labute approximate surface area is 178 Å². The lowest BCUT2D eigenvalue weighted by molar-refractivity contribution is -0.139. The maximum Gasteiger partial charge on any atom is 0.321 e. The van der Waals surface area contributed by atoms with Gasteiger partial charge in [0.05, 0.1) is 6.10 Å². The van der Waals surface area contributed by atoms with E-state index < -0.39 is 18.1 Å². The van der Waals surface area contributed by atoms with Gasteiger partial charge in [0.25, 0.3) is 0 Å². The molecule has 0 bridgehead atoms. The lowest BCUT2D eigenvalue weighted by Crippen LogP contribution is -2.42. The van der Waals surface area contributed by atoms with Gasteiger partial charge in [-0.15, -0.1) is 0 Å². The standard InChI is InChI=1S/C25H43NO3/c1-2-3-4-5-6-7-8-9-10-11-12-16-19-23(27)21-26-24(25(28)29)20-22-17-14-13-15-18-22/h13-15,17-18,23-24,26-27H,2-12,16,19-21H2,1H3,(H,28,29)/t23?,24-/m1/s1. The van der Waals surface area contributed by atoms with Gasteiger partial charge in [-0.25, -0.2) is 0 Å². The molecule has 0 spiro atoms. The molecule has 0 heterocycles. The number of hydrogen-bond donors (Lipinski definition) is 3. The molecule has 0 aliphatic rings. The fraction of sp³-hybridized carbons (Fsp3) is 0.720. The van der Waals surface area contributed by atoms with E-state index in [1.807, 2.05) is 30.3 Å². The topological polar surface area (TPSA) is 69.6 Å². The maximum atomic E-state index is 11.4. The molecule has 4 heteroatoms. The van der Waals surface area contributed by atoms with E-state index in [-0.39, 0.29) is 0 Å². The van der Waals surface area contributed by atoms with Crippen LogP contribution in [0, 0.1) is 0 Å². The minimum absolute atomic E-state index is 0.335. The number of unbranched alkanes of at least 4 members (excludes halogenated alkanes) is 11. The second-order valence-corrected chi connectivity index (χ2v) is 8.32. The Morgan fingerprint density at radius 3 is 1.90 bits per heavy atom. The number of benzene rings is 1. The highest BCUT2D eigenvalue weighted by Gasteiger charge is 2.18. The molecule has 1 aromatic carbocycles. The number of aliphatic hydroxyl groups is 1. The zero-order valence-corrected chi connectivity index (χ0v) is 18.5. The third-order valence-electron chi connectivity index (χ3n) is 5.57. The summed E-state index contributed by atoms with van der Waals surface area (Å²) in [6.45, 7) is 2.59. The average Bonchev–Trinajstić information content (AvgIpc) is 2.72. The largest absolute Gasteiger partial charge is 0.480 e. The van der Waals surface area contributed by atoms with Crippen LogP contribution in [0.1, 0.15) is 96.0 Å². The zero-order chi connectivity index (χ0) is 21.2. The summed E-state index contributed by atoms with van der Waals surface area (Å²) in [4.78, 5) is 11.4. The molecular weight excluding hydrogens is 362 g/mol. The Morgan fingerprint density at radius 1 is 0.862 bits per heavy atom. The van der Waals surface area contributed by atoms with E-state index in [1.165, 1.54) is 64.2 Å². The second kappa shape index (κ2) is 17.5. The molecule has 0 radical (unpaired) electrons. The molecule has 0 amide bonds. The highest BCUT2D eigenvalue weighted by Crippen LogP contribution is 2.13. The molecule has 0 aliphatic heterocycles. The van der Waals surface area contributed by atoms with Gasteiger partial charge in [-0.2, -0.15) is 0 Å². The molecule has 29 heavy (non-hydrogen) atoms. The Hall–Kier alpha value is -1.39. The molecule has 3 N–H and O–H groups in total. The van der Waals surface area contributed by atoms with Crippen LogP contribution in [0.5, 0.6) is 0 Å². The van der Waals surface area contributed by atoms with Crippen molar-refractivity contribution in [2.24, 2.45) is 0 Å². The van der Waals surface area contributed by atoms with E-state index in [0.29, 0.717) is 13.0 Å². The first-order chi connectivity index (χ1) is 14.1. The smallest absolute Gasteiger partial charge is 0.321 e. The van der Waals surface area contributed by atoms with E-state index in [0.717, 1.165) is 24.8 Å². The van der Waals surface area contributed by atoms with Crippen LogP contribution in [0.25, 0.3) is 0 Å². The van der Waals surface area contributed by atoms with Crippen molar-refractivity contribution < 1.29 is 15.0 Å². The van der Waals surface area contributed by atoms with Crippen molar-refractivity contribution in [1.82, 2.24) is 5.32 Å². The van der Waals surface area contributed by atoms with Crippen LogP contribution in [-0.2, 0) is 11.2 Å². The van der Waals surface area contributed by atoms with Crippen LogP contribution in [0.4, 0.5) is 0 Å². The van der Waals surface area contributed by atoms with Gasteiger partial charge in [0.2, 0.25) is 0 Å². The predicted octanol–water partition coefficient (Wildman–Crippen LogP) is 5.72. The number of aliphatic carboxylic acids is 1. The minimum atomic E-state index is -0.869. The molecule has 0 saturated carbocycles. The zero-order valence-electron chi connectivity index (χ0n) is 18.5. The second-order valence-electron chi connectivity index (χ2n) is 8.32. The van der Waals surface area contributed by atoms with Crippen molar-refractivity contribution in [3.63, 3.8) is 0 Å². The molecule has 4 nitrogen and oxygen atoms in total. The van der Waals surface area contributed by atoms with Crippen LogP contribution in [0.2, 0.25) is 0 Å². The normalized spacial score (nSPS) is 13.3. The van der Waals surface area contributed by atoms with Crippen molar-refractivity contribution in [2.75, 3.05) is 6.54 Å². The van der Waals surface area contributed by atoms with Crippen LogP contribution >= 0.6 is 0 Å². The fourth-order valence-corrected chi connectivity index (χ4v) is 3.70. The van der Waals surface area contributed by atoms with E-state index in [4.69, 9.17) is 0 Å². The number of hydrogen-bond acceptors (Lipinski definition) is 3. The van der Waals surface area contributed by atoms with E-state index in [1.54, 1.807) is 0 Å². The van der Waals surface area contributed by atoms with Crippen molar-refractivity contribution in [1.29, 1.82) is 0 Å². The van der Waals surface area contributed by atoms with Gasteiger partial charge in [-0.3, -0.25) is 4.79 Å². The Kier molecular flexibility index (Phi) is 15.4. The maximum absolute atomic E-state index is 11.4. The summed E-state index contributed by atoms with van der Waals surface area (Å²) in [6.07, 6.45) is 16.3. The molecule has 1 unspecified atom stereocenters. The van der Waals surface area contributed by atoms with Gasteiger partial charge in [0, 0.05) is 6.54 Å². The number of carboxylic acids is 1. The molecular formula is C25H43NO3. The SMILES string of the molecule is CCCCCCCCCCCCCCC(O)CN[C@H](Cc1ccccc1)C(=O)O. The Balaban J connectivity index is 2.00. The van der Waals surface area contributed by atoms with Crippen LogP contribution in [-0.4, -0.2) is 34.9 Å². The molecule has 0 aliphatic carbocycles. The summed E-state index contributed by atoms with van der Waals surface area (Å²) in [6, 6.07) is 8.95. The van der Waals surface area contributed by atoms with Crippen LogP contribution in [0.15, 0.2) is 30.3 Å². The molecule has 2 atom stereocenters. The predicted molar refractivity (Wildman–Crippen MR) is 121 cm³/mol. The summed E-state index contributed by atoms with van der Waals surface area (Å²) >= 11 is 0. The van der Waals surface area contributed by atoms with E-state index in [2.05, 4.69) is 12.2 Å². The molecule has 1 rings (SSSR count). The molecule has 1 aromatic rings. The first-order valence-electron chi connectivity index (χ1n) is 11.8.